The molecule has 9 aromatic rings. The van der Waals surface area contributed by atoms with Crippen molar-refractivity contribution in [3.8, 4) is 62.1 Å². The first kappa shape index (κ1) is 27.6. The van der Waals surface area contributed by atoms with Gasteiger partial charge in [-0.15, -0.1) is 0 Å². The van der Waals surface area contributed by atoms with E-state index in [0.29, 0.717) is 16.3 Å². The predicted octanol–water partition coefficient (Wildman–Crippen LogP) is 10.6. The third kappa shape index (κ3) is 3.93. The van der Waals surface area contributed by atoms with Crippen molar-refractivity contribution in [3.63, 3.8) is 0 Å². The first-order valence-electron chi connectivity index (χ1n) is 15.5. The lowest BCUT2D eigenvalue weighted by atomic mass is 9.84. The molecule has 0 atom stereocenters. The average molecular weight is 627 g/mol. The monoisotopic (exact) mass is 626 g/mol. The molecule has 1 aromatic heterocycles. The normalized spacial score (nSPS) is 11.8. The van der Waals surface area contributed by atoms with E-state index in [1.807, 2.05) is 66.7 Å². The minimum atomic E-state index is -0.995. The van der Waals surface area contributed by atoms with E-state index in [2.05, 4.69) is 60.7 Å². The minimum Gasteiger partial charge on any atom is -0.504 e. The third-order valence-corrected chi connectivity index (χ3v) is 9.38. The van der Waals surface area contributed by atoms with E-state index in [9.17, 15) is 25.5 Å². The maximum atomic E-state index is 11.0. The number of phenolic OH excluding ortho intramolecular Hbond substituents is 5. The first-order valence-corrected chi connectivity index (χ1v) is 15.5. The zero-order chi connectivity index (χ0) is 32.7. The largest absolute Gasteiger partial charge is 0.504 e. The Morgan fingerprint density at radius 2 is 0.812 bits per heavy atom. The van der Waals surface area contributed by atoms with Gasteiger partial charge in [-0.05, 0) is 84.9 Å². The van der Waals surface area contributed by atoms with Crippen LogP contribution in [0.15, 0.2) is 132 Å². The summed E-state index contributed by atoms with van der Waals surface area (Å²) in [5.41, 5.74) is 5.78. The molecule has 6 heteroatoms. The highest BCUT2D eigenvalue weighted by atomic mass is 16.4. The molecule has 230 valence electrons. The van der Waals surface area contributed by atoms with Gasteiger partial charge in [0.2, 0.25) is 17.2 Å². The van der Waals surface area contributed by atoms with Crippen molar-refractivity contribution in [2.24, 2.45) is 0 Å². The fourth-order valence-corrected chi connectivity index (χ4v) is 7.13. The molecule has 0 bridgehead atoms. The van der Waals surface area contributed by atoms with Crippen LogP contribution in [0.1, 0.15) is 0 Å². The summed E-state index contributed by atoms with van der Waals surface area (Å²) < 4.78 is 6.36. The molecule has 0 aliphatic carbocycles. The summed E-state index contributed by atoms with van der Waals surface area (Å²) >= 11 is 0. The van der Waals surface area contributed by atoms with E-state index in [1.54, 1.807) is 0 Å². The number of aromatic hydroxyl groups is 5. The Morgan fingerprint density at radius 1 is 0.312 bits per heavy atom. The molecule has 0 spiro atoms. The van der Waals surface area contributed by atoms with Gasteiger partial charge in [0, 0.05) is 16.3 Å². The Balaban J connectivity index is 1.26. The molecule has 6 nitrogen and oxygen atoms in total. The minimum absolute atomic E-state index is 0.178. The van der Waals surface area contributed by atoms with Crippen LogP contribution in [0, 0.1) is 0 Å². The smallest absolute Gasteiger partial charge is 0.208 e. The van der Waals surface area contributed by atoms with E-state index in [0.717, 1.165) is 60.4 Å². The van der Waals surface area contributed by atoms with E-state index in [-0.39, 0.29) is 5.56 Å². The summed E-state index contributed by atoms with van der Waals surface area (Å²) in [5, 5.41) is 60.4. The number of benzene rings is 8. The lowest BCUT2D eigenvalue weighted by molar-refractivity contribution is 0.330. The molecule has 1 heterocycles. The lowest BCUT2D eigenvalue weighted by Gasteiger charge is -2.20. The average Bonchev–Trinajstić information content (AvgIpc) is 3.48. The van der Waals surface area contributed by atoms with Gasteiger partial charge in [-0.1, -0.05) is 97.1 Å². The van der Waals surface area contributed by atoms with E-state index in [1.165, 1.54) is 5.39 Å². The summed E-state index contributed by atoms with van der Waals surface area (Å²) in [6.45, 7) is 0. The van der Waals surface area contributed by atoms with Crippen LogP contribution in [0.3, 0.4) is 0 Å². The highest BCUT2D eigenvalue weighted by molar-refractivity contribution is 6.23. The topological polar surface area (TPSA) is 114 Å². The number of phenols is 5. The van der Waals surface area contributed by atoms with Crippen LogP contribution in [0.2, 0.25) is 0 Å². The van der Waals surface area contributed by atoms with Crippen molar-refractivity contribution < 1.29 is 29.9 Å². The number of hydrogen-bond donors (Lipinski definition) is 5. The van der Waals surface area contributed by atoms with Crippen LogP contribution in [0.4, 0.5) is 0 Å². The van der Waals surface area contributed by atoms with Crippen LogP contribution < -0.4 is 0 Å². The lowest BCUT2D eigenvalue weighted by Crippen LogP contribution is -1.92. The molecule has 9 rings (SSSR count). The van der Waals surface area contributed by atoms with Gasteiger partial charge in [0.25, 0.3) is 0 Å². The van der Waals surface area contributed by atoms with Crippen molar-refractivity contribution in [2.45, 2.75) is 0 Å². The van der Waals surface area contributed by atoms with Crippen LogP contribution in [0.5, 0.6) is 28.7 Å². The Kier molecular flexibility index (Phi) is 5.86. The molecule has 0 aliphatic heterocycles. The third-order valence-electron chi connectivity index (χ3n) is 9.38. The Labute approximate surface area is 273 Å². The van der Waals surface area contributed by atoms with Gasteiger partial charge in [-0.25, -0.2) is 0 Å². The second kappa shape index (κ2) is 10.2. The second-order valence-corrected chi connectivity index (χ2v) is 12.0. The highest BCUT2D eigenvalue weighted by Crippen LogP contribution is 2.57. The first-order chi connectivity index (χ1) is 23.4. The molecule has 0 unspecified atom stereocenters. The molecule has 0 aliphatic rings. The van der Waals surface area contributed by atoms with Gasteiger partial charge in [0.15, 0.2) is 11.5 Å². The fourth-order valence-electron chi connectivity index (χ4n) is 7.13. The molecular formula is C42H26O6. The van der Waals surface area contributed by atoms with Crippen molar-refractivity contribution >= 4 is 54.3 Å². The molecule has 5 N–H and O–H groups in total. The summed E-state index contributed by atoms with van der Waals surface area (Å²) in [6.07, 6.45) is 0. The quantitative estimate of drug-likeness (QED) is 0.0757. The Bertz CT molecular complexity index is 2710. The van der Waals surface area contributed by atoms with Gasteiger partial charge in [0.1, 0.15) is 11.2 Å². The fraction of sp³-hybridized carbons (Fsp3) is 0. The van der Waals surface area contributed by atoms with Crippen LogP contribution in [0.25, 0.3) is 87.6 Å². The van der Waals surface area contributed by atoms with E-state index < -0.39 is 28.7 Å². The molecule has 0 amide bonds. The summed E-state index contributed by atoms with van der Waals surface area (Å²) in [7, 11) is 0. The van der Waals surface area contributed by atoms with Gasteiger partial charge in [-0.2, -0.15) is 0 Å². The molecule has 8 aromatic carbocycles. The van der Waals surface area contributed by atoms with Crippen LogP contribution in [-0.4, -0.2) is 25.5 Å². The SMILES string of the molecule is Oc1c(O)c(O)c(-c2c3ccccc3c(-c3cccc(-c4ccc5c(c4)oc4cc6ccccc6cc45)c3)c3ccccc23)c(O)c1O. The predicted molar refractivity (Wildman–Crippen MR) is 191 cm³/mol. The van der Waals surface area contributed by atoms with Crippen molar-refractivity contribution in [3.05, 3.63) is 127 Å². The maximum absolute atomic E-state index is 11.0. The summed E-state index contributed by atoms with van der Waals surface area (Å²) in [4.78, 5) is 0. The second-order valence-electron chi connectivity index (χ2n) is 12.0. The van der Waals surface area contributed by atoms with E-state index >= 15 is 0 Å². The van der Waals surface area contributed by atoms with Crippen molar-refractivity contribution in [2.75, 3.05) is 0 Å². The molecule has 0 radical (unpaired) electrons. The summed E-state index contributed by atoms with van der Waals surface area (Å²) in [6, 6.07) is 42.3. The number of furan rings is 1. The standard InChI is InChI=1S/C42H26O6/c43-38-37(39(44)41(46)42(47)40(38)45)36-30-14-5-3-12-28(30)35(29-13-4-6-15-31(29)36)26-11-7-10-22(18-26)25-16-17-27-32-19-23-8-1-2-9-24(23)20-34(32)48-33(27)21-25/h1-21,43-47H. The molecular weight excluding hydrogens is 600 g/mol. The number of rotatable bonds is 3. The molecule has 0 saturated carbocycles. The van der Waals surface area contributed by atoms with E-state index in [4.69, 9.17) is 4.42 Å². The molecule has 0 fully saturated rings. The van der Waals surface area contributed by atoms with Crippen molar-refractivity contribution in [1.82, 2.24) is 0 Å². The number of hydrogen-bond acceptors (Lipinski definition) is 6. The van der Waals surface area contributed by atoms with Gasteiger partial charge < -0.3 is 29.9 Å². The van der Waals surface area contributed by atoms with Gasteiger partial charge >= 0.3 is 0 Å². The highest BCUT2D eigenvalue weighted by Gasteiger charge is 2.28. The Morgan fingerprint density at radius 3 is 1.46 bits per heavy atom. The van der Waals surface area contributed by atoms with Crippen LogP contribution in [-0.2, 0) is 0 Å². The maximum Gasteiger partial charge on any atom is 0.208 e. The Hall–Kier alpha value is -6.66. The zero-order valence-corrected chi connectivity index (χ0v) is 25.3. The molecule has 0 saturated heterocycles. The summed E-state index contributed by atoms with van der Waals surface area (Å²) in [5.74, 6) is -4.30. The zero-order valence-electron chi connectivity index (χ0n) is 25.3. The number of fused-ring (bicyclic) bond motifs is 6. The van der Waals surface area contributed by atoms with Crippen LogP contribution >= 0.6 is 0 Å². The van der Waals surface area contributed by atoms with Gasteiger partial charge in [0.05, 0.1) is 5.56 Å². The molecule has 48 heavy (non-hydrogen) atoms. The van der Waals surface area contributed by atoms with Crippen molar-refractivity contribution in [1.29, 1.82) is 0 Å². The van der Waals surface area contributed by atoms with Gasteiger partial charge in [-0.3, -0.25) is 0 Å².